The summed E-state index contributed by atoms with van der Waals surface area (Å²) in [6, 6.07) is 57.6. The molecule has 1 N–H and O–H groups in total. The summed E-state index contributed by atoms with van der Waals surface area (Å²) in [5.41, 5.74) is 17.9. The van der Waals surface area contributed by atoms with E-state index in [-0.39, 0.29) is 11.5 Å². The van der Waals surface area contributed by atoms with Gasteiger partial charge in [0.1, 0.15) is 0 Å². The largest absolute Gasteiger partial charge is 0.374 e. The van der Waals surface area contributed by atoms with Gasteiger partial charge >= 0.3 is 0 Å². The molecule has 9 rings (SSSR count). The van der Waals surface area contributed by atoms with Gasteiger partial charge in [0.05, 0.1) is 6.04 Å². The van der Waals surface area contributed by atoms with Crippen molar-refractivity contribution in [2.45, 2.75) is 31.2 Å². The molecule has 0 spiro atoms. The van der Waals surface area contributed by atoms with Gasteiger partial charge in [-0.05, 0) is 110 Å². The third-order valence-corrected chi connectivity index (χ3v) is 10.9. The summed E-state index contributed by atoms with van der Waals surface area (Å²) in [4.78, 5) is 0. The quantitative estimate of drug-likeness (QED) is 0.191. The zero-order valence-electron chi connectivity index (χ0n) is 28.3. The van der Waals surface area contributed by atoms with Gasteiger partial charge in [-0.25, -0.2) is 0 Å². The summed E-state index contributed by atoms with van der Waals surface area (Å²) >= 11 is 0. The topological polar surface area (TPSA) is 12.0 Å². The molecule has 0 fully saturated rings. The molecule has 1 heteroatoms. The molecule has 0 bridgehead atoms. The Hall–Kier alpha value is -5.92. The number of hydrogen-bond acceptors (Lipinski definition) is 1. The van der Waals surface area contributed by atoms with Crippen LogP contribution in [0.5, 0.6) is 0 Å². The molecule has 50 heavy (non-hydrogen) atoms. The highest BCUT2D eigenvalue weighted by Crippen LogP contribution is 2.55. The normalized spacial score (nSPS) is 19.3. The third kappa shape index (κ3) is 5.09. The van der Waals surface area contributed by atoms with Crippen LogP contribution < -0.4 is 5.32 Å². The zero-order chi connectivity index (χ0) is 33.5. The van der Waals surface area contributed by atoms with Gasteiger partial charge in [0.25, 0.3) is 0 Å². The molecule has 1 nitrogen and oxygen atoms in total. The smallest absolute Gasteiger partial charge is 0.0707 e. The van der Waals surface area contributed by atoms with Crippen LogP contribution in [0.25, 0.3) is 39.1 Å². The number of allylic oxidation sites excluding steroid dienone is 6. The lowest BCUT2D eigenvalue weighted by atomic mass is 9.69. The molecule has 0 aromatic heterocycles. The average molecular weight is 642 g/mol. The van der Waals surface area contributed by atoms with Crippen LogP contribution in [0.15, 0.2) is 188 Å². The maximum absolute atomic E-state index is 3.90. The molecular weight excluding hydrogens is 603 g/mol. The fraction of sp³-hybridized carbons (Fsp3) is 0.102. The lowest BCUT2D eigenvalue weighted by Crippen LogP contribution is -2.25. The SMILES string of the molecule is CC1(c2ccccc2-c2ccccc2C2=CC(c3ccccc3)NC(c3cccc(-c4ccccc4)c3)=C2)C2=C(C=CCC2)c2ccccc21. The molecule has 1 aliphatic heterocycles. The molecule has 0 radical (unpaired) electrons. The minimum atomic E-state index is -0.214. The second-order valence-corrected chi connectivity index (χ2v) is 13.8. The highest BCUT2D eigenvalue weighted by Gasteiger charge is 2.43. The first-order chi connectivity index (χ1) is 24.7. The van der Waals surface area contributed by atoms with Crippen LogP contribution in [0, 0.1) is 0 Å². The Bertz CT molecular complexity index is 2350. The Balaban J connectivity index is 1.21. The van der Waals surface area contributed by atoms with Crippen molar-refractivity contribution in [3.05, 3.63) is 221 Å². The molecule has 0 amide bonds. The summed E-state index contributed by atoms with van der Waals surface area (Å²) in [6.45, 7) is 2.46. The van der Waals surface area contributed by atoms with E-state index in [9.17, 15) is 0 Å². The van der Waals surface area contributed by atoms with Gasteiger partial charge in [-0.3, -0.25) is 0 Å². The van der Waals surface area contributed by atoms with Crippen LogP contribution in [-0.4, -0.2) is 0 Å². The number of fused-ring (bicyclic) bond motifs is 2. The Morgan fingerprint density at radius 2 is 1.16 bits per heavy atom. The Kier molecular flexibility index (Phi) is 7.55. The van der Waals surface area contributed by atoms with Gasteiger partial charge in [-0.15, -0.1) is 0 Å². The van der Waals surface area contributed by atoms with Crippen molar-refractivity contribution in [1.82, 2.24) is 5.32 Å². The van der Waals surface area contributed by atoms with Crippen molar-refractivity contribution in [3.63, 3.8) is 0 Å². The number of dihydropyridines is 1. The summed E-state index contributed by atoms with van der Waals surface area (Å²) < 4.78 is 0. The highest BCUT2D eigenvalue weighted by molar-refractivity contribution is 5.95. The van der Waals surface area contributed by atoms with Gasteiger partial charge in [0.15, 0.2) is 0 Å². The maximum Gasteiger partial charge on any atom is 0.0707 e. The molecule has 2 aliphatic carbocycles. The molecule has 240 valence electrons. The molecule has 2 atom stereocenters. The summed E-state index contributed by atoms with van der Waals surface area (Å²) in [7, 11) is 0. The Morgan fingerprint density at radius 3 is 1.94 bits per heavy atom. The highest BCUT2D eigenvalue weighted by atomic mass is 14.9. The fourth-order valence-corrected chi connectivity index (χ4v) is 8.49. The number of rotatable bonds is 6. The summed E-state index contributed by atoms with van der Waals surface area (Å²) in [6.07, 6.45) is 11.6. The van der Waals surface area contributed by atoms with Gasteiger partial charge in [0, 0.05) is 11.1 Å². The van der Waals surface area contributed by atoms with Crippen molar-refractivity contribution < 1.29 is 0 Å². The summed E-state index contributed by atoms with van der Waals surface area (Å²) in [5.74, 6) is 0. The van der Waals surface area contributed by atoms with Crippen LogP contribution in [0.3, 0.4) is 0 Å². The molecule has 2 unspecified atom stereocenters. The molecule has 1 heterocycles. The molecule has 0 saturated heterocycles. The third-order valence-electron chi connectivity index (χ3n) is 10.9. The fourth-order valence-electron chi connectivity index (χ4n) is 8.49. The molecular formula is C49H39N. The predicted molar refractivity (Wildman–Crippen MR) is 210 cm³/mol. The average Bonchev–Trinajstić information content (AvgIpc) is 3.47. The molecule has 0 saturated carbocycles. The van der Waals surface area contributed by atoms with E-state index >= 15 is 0 Å². The van der Waals surface area contributed by atoms with Gasteiger partial charge in [0.2, 0.25) is 0 Å². The number of nitrogens with one attached hydrogen (secondary N) is 1. The van der Waals surface area contributed by atoms with E-state index in [0.29, 0.717) is 0 Å². The van der Waals surface area contributed by atoms with Crippen LogP contribution in [0.2, 0.25) is 0 Å². The number of hydrogen-bond donors (Lipinski definition) is 1. The van der Waals surface area contributed by atoms with Crippen molar-refractivity contribution in [2.75, 3.05) is 0 Å². The van der Waals surface area contributed by atoms with Crippen LogP contribution in [-0.2, 0) is 5.41 Å². The first-order valence-corrected chi connectivity index (χ1v) is 17.8. The zero-order valence-corrected chi connectivity index (χ0v) is 28.3. The van der Waals surface area contributed by atoms with E-state index < -0.39 is 0 Å². The van der Waals surface area contributed by atoms with Crippen LogP contribution in [0.1, 0.15) is 59.2 Å². The van der Waals surface area contributed by atoms with Crippen molar-refractivity contribution in [2.24, 2.45) is 0 Å². The molecule has 3 aliphatic rings. The van der Waals surface area contributed by atoms with Crippen LogP contribution >= 0.6 is 0 Å². The first kappa shape index (κ1) is 30.2. The van der Waals surface area contributed by atoms with E-state index in [1.165, 1.54) is 72.4 Å². The van der Waals surface area contributed by atoms with E-state index in [0.717, 1.165) is 18.5 Å². The minimum Gasteiger partial charge on any atom is -0.374 e. The lowest BCUT2D eigenvalue weighted by Gasteiger charge is -2.34. The first-order valence-electron chi connectivity index (χ1n) is 17.8. The van der Waals surface area contributed by atoms with E-state index in [4.69, 9.17) is 0 Å². The van der Waals surface area contributed by atoms with Crippen molar-refractivity contribution >= 4 is 16.8 Å². The molecule has 6 aromatic carbocycles. The van der Waals surface area contributed by atoms with E-state index in [1.54, 1.807) is 0 Å². The Labute approximate surface area is 295 Å². The maximum atomic E-state index is 3.90. The second kappa shape index (κ2) is 12.5. The monoisotopic (exact) mass is 641 g/mol. The van der Waals surface area contributed by atoms with Gasteiger partial charge in [-0.2, -0.15) is 0 Å². The van der Waals surface area contributed by atoms with Crippen LogP contribution in [0.4, 0.5) is 0 Å². The standard InChI is InChI=1S/C49H39N/c1-49(45-29-14-11-26-42(45)43-27-12-15-30-46(43)49)44-28-13-10-25-41(44)40-24-9-8-23-39(40)38-32-47(35-19-6-3-7-20-35)50-48(33-38)37-22-16-21-36(31-37)34-17-4-2-5-18-34/h2-14,16-29,31-33,47,50H,15,30H2,1H3. The Morgan fingerprint density at radius 1 is 0.560 bits per heavy atom. The molecule has 6 aromatic rings. The summed E-state index contributed by atoms with van der Waals surface area (Å²) in [5, 5.41) is 3.90. The van der Waals surface area contributed by atoms with Gasteiger partial charge < -0.3 is 5.32 Å². The number of benzene rings is 6. The van der Waals surface area contributed by atoms with Crippen molar-refractivity contribution in [3.8, 4) is 22.3 Å². The minimum absolute atomic E-state index is 0.0239. The van der Waals surface area contributed by atoms with Crippen molar-refractivity contribution in [1.29, 1.82) is 0 Å². The van der Waals surface area contributed by atoms with E-state index in [2.05, 4.69) is 194 Å². The van der Waals surface area contributed by atoms with Gasteiger partial charge in [-0.1, -0.05) is 164 Å². The lowest BCUT2D eigenvalue weighted by molar-refractivity contribution is 0.654. The van der Waals surface area contributed by atoms with E-state index in [1.807, 2.05) is 0 Å². The second-order valence-electron chi connectivity index (χ2n) is 13.8. The predicted octanol–water partition coefficient (Wildman–Crippen LogP) is 12.2.